The summed E-state index contributed by atoms with van der Waals surface area (Å²) in [6.07, 6.45) is 3.88. The van der Waals surface area contributed by atoms with E-state index in [1.54, 1.807) is 0 Å². The van der Waals surface area contributed by atoms with Crippen LogP contribution in [0.5, 0.6) is 0 Å². The third kappa shape index (κ3) is 2.53. The zero-order chi connectivity index (χ0) is 11.6. The third-order valence-electron chi connectivity index (χ3n) is 3.49. The summed E-state index contributed by atoms with van der Waals surface area (Å²) < 4.78 is 10.9. The average molecular weight is 228 g/mol. The van der Waals surface area contributed by atoms with Gasteiger partial charge in [-0.15, -0.1) is 0 Å². The molecule has 1 aliphatic heterocycles. The van der Waals surface area contributed by atoms with Gasteiger partial charge in [-0.2, -0.15) is 0 Å². The first kappa shape index (κ1) is 11.8. The second-order valence-corrected chi connectivity index (χ2v) is 4.80. The second kappa shape index (κ2) is 4.69. The van der Waals surface area contributed by atoms with Gasteiger partial charge in [0.05, 0.1) is 12.7 Å². The monoisotopic (exact) mass is 228 g/mol. The summed E-state index contributed by atoms with van der Waals surface area (Å²) in [5.74, 6) is -0.230. The van der Waals surface area contributed by atoms with Gasteiger partial charge in [-0.25, -0.2) is 0 Å². The summed E-state index contributed by atoms with van der Waals surface area (Å²) in [5, 5.41) is 0. The molecule has 1 heterocycles. The highest BCUT2D eigenvalue weighted by Gasteiger charge is 2.47. The molecule has 4 N–H and O–H groups in total. The molecule has 2 rings (SSSR count). The molecule has 1 saturated carbocycles. The van der Waals surface area contributed by atoms with Crippen LogP contribution in [0.2, 0.25) is 0 Å². The van der Waals surface area contributed by atoms with Gasteiger partial charge in [0.2, 0.25) is 5.91 Å². The molecule has 1 amide bonds. The standard InChI is InChI=1S/C11H20N2O3/c12-10(14)11(13,8-1-2-8)7-16-9-3-5-15-6-4-9/h8-9H,1-7,13H2,(H2,12,14). The van der Waals surface area contributed by atoms with Gasteiger partial charge in [0, 0.05) is 13.2 Å². The van der Waals surface area contributed by atoms with Crippen LogP contribution >= 0.6 is 0 Å². The Morgan fingerprint density at radius 3 is 2.44 bits per heavy atom. The number of primary amides is 1. The Kier molecular flexibility index (Phi) is 3.47. The van der Waals surface area contributed by atoms with E-state index in [1.165, 1.54) is 0 Å². The average Bonchev–Trinajstić information content (AvgIpc) is 3.11. The van der Waals surface area contributed by atoms with Crippen LogP contribution in [0.1, 0.15) is 25.7 Å². The van der Waals surface area contributed by atoms with E-state index in [0.29, 0.717) is 0 Å². The molecule has 92 valence electrons. The van der Waals surface area contributed by atoms with Crippen molar-refractivity contribution in [1.82, 2.24) is 0 Å². The van der Waals surface area contributed by atoms with Crippen LogP contribution in [0.15, 0.2) is 0 Å². The molecule has 5 nitrogen and oxygen atoms in total. The fraction of sp³-hybridized carbons (Fsp3) is 0.909. The van der Waals surface area contributed by atoms with Crippen LogP contribution in [-0.4, -0.2) is 37.4 Å². The Bertz CT molecular complexity index is 262. The summed E-state index contributed by atoms with van der Waals surface area (Å²) in [5.41, 5.74) is 10.4. The van der Waals surface area contributed by atoms with Crippen molar-refractivity contribution in [3.8, 4) is 0 Å². The second-order valence-electron chi connectivity index (χ2n) is 4.80. The zero-order valence-electron chi connectivity index (χ0n) is 9.48. The first-order chi connectivity index (χ1) is 7.63. The Balaban J connectivity index is 1.83. The molecule has 2 fully saturated rings. The Morgan fingerprint density at radius 2 is 1.94 bits per heavy atom. The maximum atomic E-state index is 11.4. The lowest BCUT2D eigenvalue weighted by atomic mass is 9.94. The largest absolute Gasteiger partial charge is 0.381 e. The van der Waals surface area contributed by atoms with Gasteiger partial charge in [0.15, 0.2) is 0 Å². The topological polar surface area (TPSA) is 87.6 Å². The van der Waals surface area contributed by atoms with Crippen molar-refractivity contribution in [2.24, 2.45) is 17.4 Å². The van der Waals surface area contributed by atoms with Crippen LogP contribution in [0.3, 0.4) is 0 Å². The van der Waals surface area contributed by atoms with Crippen LogP contribution < -0.4 is 11.5 Å². The molecule has 1 unspecified atom stereocenters. The van der Waals surface area contributed by atoms with E-state index in [-0.39, 0.29) is 18.6 Å². The van der Waals surface area contributed by atoms with E-state index < -0.39 is 11.4 Å². The number of ether oxygens (including phenoxy) is 2. The molecule has 0 radical (unpaired) electrons. The first-order valence-electron chi connectivity index (χ1n) is 5.91. The highest BCUT2D eigenvalue weighted by molar-refractivity contribution is 5.85. The number of rotatable bonds is 5. The number of nitrogens with two attached hydrogens (primary N) is 2. The van der Waals surface area contributed by atoms with E-state index in [2.05, 4.69) is 0 Å². The first-order valence-corrected chi connectivity index (χ1v) is 5.91. The van der Waals surface area contributed by atoms with Gasteiger partial charge in [-0.3, -0.25) is 4.79 Å². The molecule has 0 spiro atoms. The lowest BCUT2D eigenvalue weighted by Crippen LogP contribution is -2.58. The molecule has 0 aromatic rings. The number of hydrogen-bond donors (Lipinski definition) is 2. The molecule has 0 aromatic carbocycles. The SMILES string of the molecule is NC(=O)C(N)(COC1CCOCC1)C1CC1. The van der Waals surface area contributed by atoms with Crippen molar-refractivity contribution in [3.63, 3.8) is 0 Å². The van der Waals surface area contributed by atoms with Crippen molar-refractivity contribution >= 4 is 5.91 Å². The lowest BCUT2D eigenvalue weighted by Gasteiger charge is -2.30. The van der Waals surface area contributed by atoms with E-state index >= 15 is 0 Å². The molecule has 1 atom stereocenters. The molecule has 2 aliphatic rings. The van der Waals surface area contributed by atoms with Crippen molar-refractivity contribution in [1.29, 1.82) is 0 Å². The number of carbonyl (C=O) groups is 1. The zero-order valence-corrected chi connectivity index (χ0v) is 9.48. The Labute approximate surface area is 95.4 Å². The molecule has 1 saturated heterocycles. The molecular weight excluding hydrogens is 208 g/mol. The number of carbonyl (C=O) groups excluding carboxylic acids is 1. The van der Waals surface area contributed by atoms with Crippen LogP contribution in [0.25, 0.3) is 0 Å². The summed E-state index contributed by atoms with van der Waals surface area (Å²) in [6, 6.07) is 0. The number of amides is 1. The van der Waals surface area contributed by atoms with Gasteiger partial charge >= 0.3 is 0 Å². The Morgan fingerprint density at radius 1 is 1.31 bits per heavy atom. The summed E-state index contributed by atoms with van der Waals surface area (Å²) in [6.45, 7) is 1.70. The van der Waals surface area contributed by atoms with E-state index in [0.717, 1.165) is 38.9 Å². The van der Waals surface area contributed by atoms with Crippen LogP contribution in [-0.2, 0) is 14.3 Å². The van der Waals surface area contributed by atoms with Crippen molar-refractivity contribution in [3.05, 3.63) is 0 Å². The predicted octanol–water partition coefficient (Wildman–Crippen LogP) is -0.225. The minimum atomic E-state index is -0.960. The maximum Gasteiger partial charge on any atom is 0.240 e. The van der Waals surface area contributed by atoms with Crippen LogP contribution in [0.4, 0.5) is 0 Å². The molecule has 0 bridgehead atoms. The van der Waals surface area contributed by atoms with Gasteiger partial charge < -0.3 is 20.9 Å². The minimum absolute atomic E-state index is 0.162. The summed E-state index contributed by atoms with van der Waals surface area (Å²) in [4.78, 5) is 11.4. The highest BCUT2D eigenvalue weighted by Crippen LogP contribution is 2.38. The summed E-state index contributed by atoms with van der Waals surface area (Å²) >= 11 is 0. The fourth-order valence-electron chi connectivity index (χ4n) is 2.09. The third-order valence-corrected chi connectivity index (χ3v) is 3.49. The maximum absolute atomic E-state index is 11.4. The van der Waals surface area contributed by atoms with E-state index in [1.807, 2.05) is 0 Å². The summed E-state index contributed by atoms with van der Waals surface area (Å²) in [7, 11) is 0. The van der Waals surface area contributed by atoms with E-state index in [9.17, 15) is 4.79 Å². The Hall–Kier alpha value is -0.650. The molecule has 0 aromatic heterocycles. The normalized spacial score (nSPS) is 26.3. The smallest absolute Gasteiger partial charge is 0.240 e. The quantitative estimate of drug-likeness (QED) is 0.680. The van der Waals surface area contributed by atoms with E-state index in [4.69, 9.17) is 20.9 Å². The van der Waals surface area contributed by atoms with Crippen molar-refractivity contribution in [2.75, 3.05) is 19.8 Å². The van der Waals surface area contributed by atoms with Gasteiger partial charge in [-0.1, -0.05) is 0 Å². The molecular formula is C11H20N2O3. The predicted molar refractivity (Wildman–Crippen MR) is 58.6 cm³/mol. The highest BCUT2D eigenvalue weighted by atomic mass is 16.5. The van der Waals surface area contributed by atoms with Gasteiger partial charge in [-0.05, 0) is 31.6 Å². The van der Waals surface area contributed by atoms with Crippen LogP contribution in [0, 0.1) is 5.92 Å². The van der Waals surface area contributed by atoms with Crippen molar-refractivity contribution in [2.45, 2.75) is 37.3 Å². The lowest BCUT2D eigenvalue weighted by molar-refractivity contribution is -0.128. The molecule has 5 heteroatoms. The fourth-order valence-corrected chi connectivity index (χ4v) is 2.09. The van der Waals surface area contributed by atoms with Gasteiger partial charge in [0.1, 0.15) is 5.54 Å². The van der Waals surface area contributed by atoms with Crippen molar-refractivity contribution < 1.29 is 14.3 Å². The van der Waals surface area contributed by atoms with Gasteiger partial charge in [0.25, 0.3) is 0 Å². The molecule has 16 heavy (non-hydrogen) atoms. The molecule has 1 aliphatic carbocycles. The number of hydrogen-bond acceptors (Lipinski definition) is 4. The minimum Gasteiger partial charge on any atom is -0.381 e.